The monoisotopic (exact) mass is 386 g/mol. The second-order valence-corrected chi connectivity index (χ2v) is 7.71. The van der Waals surface area contributed by atoms with Crippen LogP contribution >= 0.6 is 35.0 Å². The summed E-state index contributed by atoms with van der Waals surface area (Å²) in [6, 6.07) is 5.24. The summed E-state index contributed by atoms with van der Waals surface area (Å²) in [7, 11) is 0. The van der Waals surface area contributed by atoms with Gasteiger partial charge in [-0.2, -0.15) is 0 Å². The molecule has 2 aromatic rings. The Morgan fingerprint density at radius 1 is 0.958 bits per heavy atom. The number of hydrogen-bond acceptors (Lipinski definition) is 4. The average Bonchev–Trinajstić information content (AvgIpc) is 3.02. The molecule has 0 aliphatic rings. The van der Waals surface area contributed by atoms with Gasteiger partial charge in [0.05, 0.1) is 10.6 Å². The first-order chi connectivity index (χ1) is 11.7. The van der Waals surface area contributed by atoms with Crippen LogP contribution in [0, 0.1) is 0 Å². The molecule has 1 aromatic heterocycles. The largest absolute Gasteiger partial charge is 0.411 e. The van der Waals surface area contributed by atoms with Gasteiger partial charge in [-0.3, -0.25) is 0 Å². The highest BCUT2D eigenvalue weighted by atomic mass is 35.5. The predicted molar refractivity (Wildman–Crippen MR) is 103 cm³/mol. The number of aromatic nitrogens is 2. The summed E-state index contributed by atoms with van der Waals surface area (Å²) in [6.07, 6.45) is 10.5. The molecule has 0 fully saturated rings. The van der Waals surface area contributed by atoms with Crippen LogP contribution in [-0.2, 0) is 0 Å². The Bertz CT molecular complexity index is 619. The maximum absolute atomic E-state index is 6.16. The molecule has 0 aliphatic carbocycles. The molecule has 1 aromatic carbocycles. The Morgan fingerprint density at radius 2 is 1.67 bits per heavy atom. The highest BCUT2D eigenvalue weighted by molar-refractivity contribution is 7.99. The van der Waals surface area contributed by atoms with Crippen molar-refractivity contribution in [2.45, 2.75) is 63.5 Å². The highest BCUT2D eigenvalue weighted by Gasteiger charge is 2.12. The van der Waals surface area contributed by atoms with E-state index in [9.17, 15) is 0 Å². The van der Waals surface area contributed by atoms with Crippen molar-refractivity contribution < 1.29 is 4.42 Å². The van der Waals surface area contributed by atoms with Crippen LogP contribution in [-0.4, -0.2) is 16.0 Å². The molecule has 0 amide bonds. The number of halogens is 2. The Hall–Kier alpha value is -0.710. The fourth-order valence-electron chi connectivity index (χ4n) is 2.44. The lowest BCUT2D eigenvalue weighted by Crippen LogP contribution is -1.83. The molecule has 0 saturated heterocycles. The Labute approximate surface area is 158 Å². The van der Waals surface area contributed by atoms with Gasteiger partial charge in [-0.1, -0.05) is 86.8 Å². The lowest BCUT2D eigenvalue weighted by molar-refractivity contribution is 0.465. The minimum Gasteiger partial charge on any atom is -0.411 e. The van der Waals surface area contributed by atoms with E-state index in [4.69, 9.17) is 27.6 Å². The van der Waals surface area contributed by atoms with Crippen LogP contribution in [0.5, 0.6) is 0 Å². The van der Waals surface area contributed by atoms with Gasteiger partial charge < -0.3 is 4.42 Å². The molecule has 2 rings (SSSR count). The van der Waals surface area contributed by atoms with E-state index in [-0.39, 0.29) is 0 Å². The van der Waals surface area contributed by atoms with Crippen LogP contribution in [0.4, 0.5) is 0 Å². The summed E-state index contributed by atoms with van der Waals surface area (Å²) in [5.74, 6) is 1.44. The molecular weight excluding hydrogens is 363 g/mol. The summed E-state index contributed by atoms with van der Waals surface area (Å²) < 4.78 is 5.68. The van der Waals surface area contributed by atoms with Crippen LogP contribution in [0.3, 0.4) is 0 Å². The number of thioether (sulfide) groups is 1. The molecule has 0 atom stereocenters. The lowest BCUT2D eigenvalue weighted by atomic mass is 10.1. The van der Waals surface area contributed by atoms with Gasteiger partial charge in [-0.25, -0.2) is 0 Å². The van der Waals surface area contributed by atoms with E-state index >= 15 is 0 Å². The van der Waals surface area contributed by atoms with Gasteiger partial charge >= 0.3 is 0 Å². The minimum atomic E-state index is 0.440. The van der Waals surface area contributed by atoms with Crippen molar-refractivity contribution in [2.75, 3.05) is 5.75 Å². The standard InChI is InChI=1S/C18H24Cl2N2OS/c1-2-3-4-5-6-7-8-9-12-24-18-22-21-17(23-18)15-11-10-14(19)13-16(15)20/h10-11,13H,2-9,12H2,1H3. The number of benzene rings is 1. The van der Waals surface area contributed by atoms with Crippen molar-refractivity contribution in [1.29, 1.82) is 0 Å². The zero-order valence-electron chi connectivity index (χ0n) is 14.1. The van der Waals surface area contributed by atoms with Crippen molar-refractivity contribution in [3.05, 3.63) is 28.2 Å². The maximum atomic E-state index is 6.16. The van der Waals surface area contributed by atoms with E-state index in [1.54, 1.807) is 30.0 Å². The van der Waals surface area contributed by atoms with Crippen LogP contribution in [0.2, 0.25) is 10.0 Å². The first-order valence-corrected chi connectivity index (χ1v) is 10.4. The number of unbranched alkanes of at least 4 members (excludes halogenated alkanes) is 7. The summed E-state index contributed by atoms with van der Waals surface area (Å²) in [4.78, 5) is 0. The zero-order chi connectivity index (χ0) is 17.2. The van der Waals surface area contributed by atoms with E-state index < -0.39 is 0 Å². The third-order valence-corrected chi connectivity index (χ3v) is 5.24. The molecular formula is C18H24Cl2N2OS. The summed E-state index contributed by atoms with van der Waals surface area (Å²) in [5.41, 5.74) is 0.715. The first kappa shape index (κ1) is 19.6. The van der Waals surface area contributed by atoms with Gasteiger partial charge in [-0.05, 0) is 24.6 Å². The van der Waals surface area contributed by atoms with Gasteiger partial charge in [0.2, 0.25) is 5.89 Å². The quantitative estimate of drug-likeness (QED) is 0.300. The Kier molecular flexibility index (Phi) is 9.00. The van der Waals surface area contributed by atoms with E-state index in [0.717, 1.165) is 5.75 Å². The molecule has 1 heterocycles. The summed E-state index contributed by atoms with van der Waals surface area (Å²) in [5, 5.41) is 9.85. The van der Waals surface area contributed by atoms with E-state index in [1.165, 1.54) is 51.4 Å². The minimum absolute atomic E-state index is 0.440. The van der Waals surface area contributed by atoms with Crippen molar-refractivity contribution in [3.63, 3.8) is 0 Å². The third-order valence-electron chi connectivity index (χ3n) is 3.79. The van der Waals surface area contributed by atoms with Crippen LogP contribution in [0.25, 0.3) is 11.5 Å². The number of nitrogens with zero attached hydrogens (tertiary/aromatic N) is 2. The first-order valence-electron chi connectivity index (χ1n) is 8.62. The molecule has 0 aliphatic heterocycles. The van der Waals surface area contributed by atoms with Crippen molar-refractivity contribution in [1.82, 2.24) is 10.2 Å². The maximum Gasteiger partial charge on any atom is 0.276 e. The Balaban J connectivity index is 1.67. The molecule has 0 unspecified atom stereocenters. The van der Waals surface area contributed by atoms with Crippen molar-refractivity contribution >= 4 is 35.0 Å². The van der Waals surface area contributed by atoms with Gasteiger partial charge in [0.1, 0.15) is 0 Å². The summed E-state index contributed by atoms with van der Waals surface area (Å²) in [6.45, 7) is 2.25. The SMILES string of the molecule is CCCCCCCCCCSc1nnc(-c2ccc(Cl)cc2Cl)o1. The second-order valence-electron chi connectivity index (χ2n) is 5.82. The predicted octanol–water partition coefficient (Wildman–Crippen LogP) is 7.28. The van der Waals surface area contributed by atoms with E-state index in [2.05, 4.69) is 17.1 Å². The van der Waals surface area contributed by atoms with Gasteiger partial charge in [0.15, 0.2) is 0 Å². The molecule has 3 nitrogen and oxygen atoms in total. The van der Waals surface area contributed by atoms with Gasteiger partial charge in [0, 0.05) is 10.8 Å². The van der Waals surface area contributed by atoms with E-state index in [0.29, 0.717) is 26.7 Å². The molecule has 0 bridgehead atoms. The van der Waals surface area contributed by atoms with E-state index in [1.807, 2.05) is 0 Å². The van der Waals surface area contributed by atoms with Gasteiger partial charge in [0.25, 0.3) is 5.22 Å². The number of hydrogen-bond donors (Lipinski definition) is 0. The zero-order valence-corrected chi connectivity index (χ0v) is 16.4. The fourth-order valence-corrected chi connectivity index (χ4v) is 3.68. The number of rotatable bonds is 11. The summed E-state index contributed by atoms with van der Waals surface area (Å²) >= 11 is 13.7. The fraction of sp³-hybridized carbons (Fsp3) is 0.556. The average molecular weight is 387 g/mol. The normalized spacial score (nSPS) is 11.1. The van der Waals surface area contributed by atoms with Crippen LogP contribution in [0.15, 0.2) is 27.8 Å². The molecule has 0 radical (unpaired) electrons. The molecule has 0 saturated carbocycles. The Morgan fingerprint density at radius 3 is 2.38 bits per heavy atom. The van der Waals surface area contributed by atoms with Gasteiger partial charge in [-0.15, -0.1) is 10.2 Å². The molecule has 24 heavy (non-hydrogen) atoms. The topological polar surface area (TPSA) is 38.9 Å². The van der Waals surface area contributed by atoms with Crippen molar-refractivity contribution in [2.24, 2.45) is 0 Å². The lowest BCUT2D eigenvalue weighted by Gasteiger charge is -2.00. The van der Waals surface area contributed by atoms with Crippen LogP contribution < -0.4 is 0 Å². The third kappa shape index (κ3) is 6.66. The van der Waals surface area contributed by atoms with Crippen molar-refractivity contribution in [3.8, 4) is 11.5 Å². The smallest absolute Gasteiger partial charge is 0.276 e. The molecule has 6 heteroatoms. The van der Waals surface area contributed by atoms with Crippen LogP contribution in [0.1, 0.15) is 58.3 Å². The molecule has 0 spiro atoms. The highest BCUT2D eigenvalue weighted by Crippen LogP contribution is 2.31. The second kappa shape index (κ2) is 11.0. The molecule has 132 valence electrons. The molecule has 0 N–H and O–H groups in total.